The summed E-state index contributed by atoms with van der Waals surface area (Å²) in [4.78, 5) is 26.2. The summed E-state index contributed by atoms with van der Waals surface area (Å²) in [6, 6.07) is 10.4. The number of fused-ring (bicyclic) bond motifs is 1. The minimum atomic E-state index is -0.915. The molecule has 0 bridgehead atoms. The summed E-state index contributed by atoms with van der Waals surface area (Å²) in [5.74, 6) is -1.11. The van der Waals surface area contributed by atoms with Gasteiger partial charge in [0.15, 0.2) is 6.10 Å². The van der Waals surface area contributed by atoms with Gasteiger partial charge in [-0.25, -0.2) is 4.79 Å². The summed E-state index contributed by atoms with van der Waals surface area (Å²) in [5, 5.41) is 11.7. The van der Waals surface area contributed by atoms with Crippen molar-refractivity contribution in [1.82, 2.24) is 4.90 Å². The number of hydrogen-bond acceptors (Lipinski definition) is 5. The van der Waals surface area contributed by atoms with Crippen LogP contribution in [0.5, 0.6) is 5.75 Å². The Morgan fingerprint density at radius 2 is 1.88 bits per heavy atom. The van der Waals surface area contributed by atoms with Gasteiger partial charge in [-0.3, -0.25) is 4.79 Å². The molecule has 0 radical (unpaired) electrons. The molecule has 6 heteroatoms. The third-order valence-electron chi connectivity index (χ3n) is 4.07. The van der Waals surface area contributed by atoms with Crippen LogP contribution in [0.2, 0.25) is 0 Å². The lowest BCUT2D eigenvalue weighted by Crippen LogP contribution is -2.46. The number of amides is 1. The number of carbonyl (C=O) groups is 2. The lowest BCUT2D eigenvalue weighted by Gasteiger charge is -2.29. The smallest absolute Gasteiger partial charge is 0.342 e. The maximum absolute atomic E-state index is 12.3. The quantitative estimate of drug-likeness (QED) is 0.871. The van der Waals surface area contributed by atoms with Gasteiger partial charge in [-0.2, -0.15) is 0 Å². The number of phenolic OH excluding ortho intramolecular Hbond substituents is 1. The summed E-state index contributed by atoms with van der Waals surface area (Å²) >= 11 is 0. The summed E-state index contributed by atoms with van der Waals surface area (Å²) in [6.07, 6.45) is -0.915. The van der Waals surface area contributed by atoms with Crippen molar-refractivity contribution in [1.29, 1.82) is 0 Å². The predicted molar refractivity (Wildman–Crippen MR) is 87.9 cm³/mol. The maximum atomic E-state index is 12.3. The van der Waals surface area contributed by atoms with Crippen LogP contribution in [0.15, 0.2) is 36.4 Å². The Kier molecular flexibility index (Phi) is 4.66. The number of morpholine rings is 1. The Labute approximate surface area is 139 Å². The fourth-order valence-corrected chi connectivity index (χ4v) is 2.74. The molecule has 2 aromatic rings. The summed E-state index contributed by atoms with van der Waals surface area (Å²) in [6.45, 7) is 3.48. The fraction of sp³-hybridized carbons (Fsp3) is 0.333. The highest BCUT2D eigenvalue weighted by atomic mass is 16.5. The van der Waals surface area contributed by atoms with E-state index in [0.29, 0.717) is 31.7 Å². The third-order valence-corrected chi connectivity index (χ3v) is 4.07. The van der Waals surface area contributed by atoms with E-state index in [4.69, 9.17) is 9.47 Å². The fourth-order valence-electron chi connectivity index (χ4n) is 2.74. The molecule has 0 aromatic heterocycles. The second kappa shape index (κ2) is 6.88. The number of benzene rings is 2. The zero-order chi connectivity index (χ0) is 17.1. The Morgan fingerprint density at radius 1 is 1.17 bits per heavy atom. The molecular weight excluding hydrogens is 310 g/mol. The standard InChI is InChI=1S/C18H19NO5/c1-12(17(21)19-8-10-23-11-9-19)24-18(22)15-7-6-13-4-2-3-5-14(13)16(15)20/h2-7,12,20H,8-11H2,1H3. The van der Waals surface area contributed by atoms with Crippen LogP contribution in [0.3, 0.4) is 0 Å². The van der Waals surface area contributed by atoms with Crippen molar-refractivity contribution in [3.63, 3.8) is 0 Å². The molecule has 0 spiro atoms. The molecule has 24 heavy (non-hydrogen) atoms. The summed E-state index contributed by atoms with van der Waals surface area (Å²) in [5.41, 5.74) is 0.0512. The van der Waals surface area contributed by atoms with Gasteiger partial charge in [0.25, 0.3) is 5.91 Å². The van der Waals surface area contributed by atoms with E-state index >= 15 is 0 Å². The van der Waals surface area contributed by atoms with Gasteiger partial charge in [-0.15, -0.1) is 0 Å². The van der Waals surface area contributed by atoms with E-state index in [1.807, 2.05) is 12.1 Å². The molecule has 1 saturated heterocycles. The van der Waals surface area contributed by atoms with Gasteiger partial charge in [0.05, 0.1) is 13.2 Å². The molecule has 1 aliphatic heterocycles. The van der Waals surface area contributed by atoms with Crippen LogP contribution in [0, 0.1) is 0 Å². The number of hydrogen-bond donors (Lipinski definition) is 1. The van der Waals surface area contributed by atoms with Gasteiger partial charge in [0, 0.05) is 18.5 Å². The molecule has 2 aromatic carbocycles. The lowest BCUT2D eigenvalue weighted by molar-refractivity contribution is -0.143. The van der Waals surface area contributed by atoms with Crippen molar-refractivity contribution in [3.05, 3.63) is 42.0 Å². The van der Waals surface area contributed by atoms with Crippen molar-refractivity contribution >= 4 is 22.6 Å². The van der Waals surface area contributed by atoms with E-state index in [1.165, 1.54) is 13.0 Å². The molecule has 0 aliphatic carbocycles. The maximum Gasteiger partial charge on any atom is 0.342 e. The number of phenols is 1. The van der Waals surface area contributed by atoms with Crippen molar-refractivity contribution in [2.45, 2.75) is 13.0 Å². The SMILES string of the molecule is CC(OC(=O)c1ccc2ccccc2c1O)C(=O)N1CCOCC1. The molecule has 1 aliphatic rings. The van der Waals surface area contributed by atoms with Crippen LogP contribution in [-0.4, -0.2) is 54.3 Å². The van der Waals surface area contributed by atoms with Gasteiger partial charge in [0.1, 0.15) is 11.3 Å². The molecule has 3 rings (SSSR count). The highest BCUT2D eigenvalue weighted by Gasteiger charge is 2.26. The van der Waals surface area contributed by atoms with Gasteiger partial charge in [-0.05, 0) is 18.4 Å². The topological polar surface area (TPSA) is 76.1 Å². The molecule has 6 nitrogen and oxygen atoms in total. The van der Waals surface area contributed by atoms with Crippen LogP contribution in [-0.2, 0) is 14.3 Å². The van der Waals surface area contributed by atoms with E-state index in [9.17, 15) is 14.7 Å². The number of rotatable bonds is 3. The highest BCUT2D eigenvalue weighted by molar-refractivity contribution is 6.01. The van der Waals surface area contributed by atoms with Crippen LogP contribution in [0.1, 0.15) is 17.3 Å². The van der Waals surface area contributed by atoms with Crippen molar-refractivity contribution in [2.24, 2.45) is 0 Å². The average Bonchev–Trinajstić information content (AvgIpc) is 2.62. The molecule has 1 atom stereocenters. The Hall–Kier alpha value is -2.60. The minimum Gasteiger partial charge on any atom is -0.506 e. The predicted octanol–water partition coefficient (Wildman–Crippen LogP) is 1.95. The molecule has 1 fully saturated rings. The number of nitrogens with zero attached hydrogens (tertiary/aromatic N) is 1. The molecule has 126 valence electrons. The van der Waals surface area contributed by atoms with Crippen LogP contribution in [0.25, 0.3) is 10.8 Å². The first-order valence-corrected chi connectivity index (χ1v) is 7.86. The second-order valence-electron chi connectivity index (χ2n) is 5.67. The molecule has 1 unspecified atom stereocenters. The molecule has 1 amide bonds. The first-order chi connectivity index (χ1) is 11.6. The van der Waals surface area contributed by atoms with Crippen LogP contribution >= 0.6 is 0 Å². The van der Waals surface area contributed by atoms with Gasteiger partial charge >= 0.3 is 5.97 Å². The lowest BCUT2D eigenvalue weighted by atomic mass is 10.1. The molecule has 1 heterocycles. The van der Waals surface area contributed by atoms with Crippen LogP contribution in [0.4, 0.5) is 0 Å². The van der Waals surface area contributed by atoms with Gasteiger partial charge in [-0.1, -0.05) is 30.3 Å². The van der Waals surface area contributed by atoms with E-state index in [2.05, 4.69) is 0 Å². The zero-order valence-electron chi connectivity index (χ0n) is 13.4. The summed E-state index contributed by atoms with van der Waals surface area (Å²) < 4.78 is 10.5. The van der Waals surface area contributed by atoms with Gasteiger partial charge in [0.2, 0.25) is 0 Å². The monoisotopic (exact) mass is 329 g/mol. The molecular formula is C18H19NO5. The van der Waals surface area contributed by atoms with Crippen molar-refractivity contribution in [3.8, 4) is 5.75 Å². The van der Waals surface area contributed by atoms with Crippen LogP contribution < -0.4 is 0 Å². The highest BCUT2D eigenvalue weighted by Crippen LogP contribution is 2.29. The Bertz CT molecular complexity index is 767. The Morgan fingerprint density at radius 3 is 2.62 bits per heavy atom. The first-order valence-electron chi connectivity index (χ1n) is 7.86. The normalized spacial score (nSPS) is 16.0. The Balaban J connectivity index is 1.74. The number of esters is 1. The van der Waals surface area contributed by atoms with Crippen molar-refractivity contribution in [2.75, 3.05) is 26.3 Å². The first kappa shape index (κ1) is 16.3. The largest absolute Gasteiger partial charge is 0.506 e. The third kappa shape index (κ3) is 3.19. The number of aromatic hydroxyl groups is 1. The molecule has 0 saturated carbocycles. The van der Waals surface area contributed by atoms with E-state index in [0.717, 1.165) is 5.39 Å². The molecule has 1 N–H and O–H groups in total. The number of ether oxygens (including phenoxy) is 2. The number of carbonyl (C=O) groups excluding carboxylic acids is 2. The summed E-state index contributed by atoms with van der Waals surface area (Å²) in [7, 11) is 0. The van der Waals surface area contributed by atoms with E-state index in [1.54, 1.807) is 23.1 Å². The van der Waals surface area contributed by atoms with E-state index in [-0.39, 0.29) is 17.2 Å². The minimum absolute atomic E-state index is 0.0512. The zero-order valence-corrected chi connectivity index (χ0v) is 13.4. The second-order valence-corrected chi connectivity index (χ2v) is 5.67. The van der Waals surface area contributed by atoms with Gasteiger partial charge < -0.3 is 19.5 Å². The van der Waals surface area contributed by atoms with E-state index < -0.39 is 12.1 Å². The average molecular weight is 329 g/mol. The van der Waals surface area contributed by atoms with Crippen molar-refractivity contribution < 1.29 is 24.2 Å².